The summed E-state index contributed by atoms with van der Waals surface area (Å²) in [4.78, 5) is 47.0. The maximum Gasteiger partial charge on any atom is 0.407 e. The average Bonchev–Trinajstić information content (AvgIpc) is 2.70. The number of hydrogen-bond acceptors (Lipinski definition) is 9. The zero-order valence-corrected chi connectivity index (χ0v) is 18.8. The Morgan fingerprint density at radius 2 is 1.55 bits per heavy atom. The molecule has 1 aromatic carbocycles. The Bertz CT molecular complexity index is 788. The SMILES string of the molecule is CC(=O)OC[C@H]1O[C@H](Br)[C@H](OC(C)=O)[C@H](NC(=O)OCc2ccccc2)[C@@H]1OC(C)=O. The summed E-state index contributed by atoms with van der Waals surface area (Å²) in [5, 5.41) is 1.70. The minimum absolute atomic E-state index is 0.000967. The van der Waals surface area contributed by atoms with Crippen molar-refractivity contribution in [3.63, 3.8) is 0 Å². The quantitative estimate of drug-likeness (QED) is 0.338. The second-order valence-corrected chi connectivity index (χ2v) is 7.61. The van der Waals surface area contributed by atoms with Gasteiger partial charge in [0.15, 0.2) is 17.2 Å². The van der Waals surface area contributed by atoms with Crippen LogP contribution in [0.1, 0.15) is 26.3 Å². The van der Waals surface area contributed by atoms with E-state index in [1.54, 1.807) is 24.3 Å². The van der Waals surface area contributed by atoms with E-state index in [0.717, 1.165) is 5.56 Å². The van der Waals surface area contributed by atoms with Crippen molar-refractivity contribution in [2.45, 2.75) is 56.7 Å². The van der Waals surface area contributed by atoms with Crippen LogP contribution in [0, 0.1) is 0 Å². The van der Waals surface area contributed by atoms with Gasteiger partial charge in [0, 0.05) is 20.8 Å². The van der Waals surface area contributed by atoms with E-state index in [9.17, 15) is 19.2 Å². The van der Waals surface area contributed by atoms with Crippen LogP contribution < -0.4 is 5.32 Å². The molecule has 170 valence electrons. The third-order valence-electron chi connectivity index (χ3n) is 4.19. The number of carbonyl (C=O) groups is 4. The molecular formula is C20H24BrNO9. The Labute approximate surface area is 187 Å². The van der Waals surface area contributed by atoms with Crippen molar-refractivity contribution in [2.75, 3.05) is 6.61 Å². The monoisotopic (exact) mass is 501 g/mol. The van der Waals surface area contributed by atoms with Crippen LogP contribution >= 0.6 is 15.9 Å². The van der Waals surface area contributed by atoms with E-state index in [0.29, 0.717) is 0 Å². The van der Waals surface area contributed by atoms with Crippen molar-refractivity contribution in [2.24, 2.45) is 0 Å². The highest BCUT2D eigenvalue weighted by atomic mass is 79.9. The molecule has 0 aliphatic carbocycles. The Balaban J connectivity index is 2.21. The Morgan fingerprint density at radius 1 is 0.935 bits per heavy atom. The second-order valence-electron chi connectivity index (χ2n) is 6.71. The van der Waals surface area contributed by atoms with Gasteiger partial charge in [0.2, 0.25) is 0 Å². The number of nitrogens with one attached hydrogen (secondary N) is 1. The third-order valence-corrected chi connectivity index (χ3v) is 4.93. The Morgan fingerprint density at radius 3 is 2.13 bits per heavy atom. The fourth-order valence-electron chi connectivity index (χ4n) is 2.96. The van der Waals surface area contributed by atoms with Gasteiger partial charge in [-0.15, -0.1) is 0 Å². The molecular weight excluding hydrogens is 478 g/mol. The maximum absolute atomic E-state index is 12.5. The minimum Gasteiger partial charge on any atom is -0.463 e. The van der Waals surface area contributed by atoms with E-state index in [1.165, 1.54) is 20.8 Å². The van der Waals surface area contributed by atoms with Gasteiger partial charge < -0.3 is 29.0 Å². The van der Waals surface area contributed by atoms with E-state index in [2.05, 4.69) is 21.2 Å². The van der Waals surface area contributed by atoms with Gasteiger partial charge >= 0.3 is 24.0 Å². The largest absolute Gasteiger partial charge is 0.463 e. The standard InChI is InChI=1S/C20H24BrNO9/c1-11(23)27-10-15-17(29-12(2)24)16(18(19(21)31-15)30-13(3)25)22-20(26)28-9-14-7-5-4-6-8-14/h4-8,15-19H,9-10H2,1-3H3,(H,22,26)/t15-,16-,17-,18-,19+/m1/s1. The number of rotatable bonds is 7. The summed E-state index contributed by atoms with van der Waals surface area (Å²) in [5.74, 6) is -1.87. The number of alkyl halides is 1. The van der Waals surface area contributed by atoms with Gasteiger partial charge in [0.05, 0.1) is 0 Å². The van der Waals surface area contributed by atoms with Crippen LogP contribution in [0.5, 0.6) is 0 Å². The van der Waals surface area contributed by atoms with Crippen LogP contribution in [0.3, 0.4) is 0 Å². The lowest BCUT2D eigenvalue weighted by Gasteiger charge is -2.43. The molecule has 1 aliphatic heterocycles. The van der Waals surface area contributed by atoms with Gasteiger partial charge in [0.25, 0.3) is 0 Å². The molecule has 0 aromatic heterocycles. The lowest BCUT2D eigenvalue weighted by molar-refractivity contribution is -0.203. The average molecular weight is 502 g/mol. The molecule has 1 aliphatic rings. The van der Waals surface area contributed by atoms with E-state index >= 15 is 0 Å². The normalized spacial score (nSPS) is 25.1. The summed E-state index contributed by atoms with van der Waals surface area (Å²) in [7, 11) is 0. The number of alkyl carbamates (subject to hydrolysis) is 1. The van der Waals surface area contributed by atoms with Crippen molar-refractivity contribution in [3.05, 3.63) is 35.9 Å². The molecule has 0 spiro atoms. The van der Waals surface area contributed by atoms with Crippen LogP contribution in [0.25, 0.3) is 0 Å². The number of halogens is 1. The lowest BCUT2D eigenvalue weighted by Crippen LogP contribution is -2.65. The smallest absolute Gasteiger partial charge is 0.407 e. The minimum atomic E-state index is -1.13. The molecule has 2 rings (SSSR count). The van der Waals surface area contributed by atoms with E-state index < -0.39 is 53.4 Å². The van der Waals surface area contributed by atoms with Crippen molar-refractivity contribution < 1.29 is 42.9 Å². The molecule has 0 bridgehead atoms. The molecule has 1 amide bonds. The third kappa shape index (κ3) is 7.83. The highest BCUT2D eigenvalue weighted by molar-refractivity contribution is 9.09. The molecule has 0 unspecified atom stereocenters. The first-order valence-electron chi connectivity index (χ1n) is 9.42. The van der Waals surface area contributed by atoms with Crippen molar-refractivity contribution >= 4 is 39.9 Å². The summed E-state index contributed by atoms with van der Waals surface area (Å²) in [6.45, 7) is 3.33. The fourth-order valence-corrected chi connectivity index (χ4v) is 3.68. The number of hydrogen-bond donors (Lipinski definition) is 1. The lowest BCUT2D eigenvalue weighted by atomic mass is 9.97. The van der Waals surface area contributed by atoms with Gasteiger partial charge in [0.1, 0.15) is 25.4 Å². The van der Waals surface area contributed by atoms with Gasteiger partial charge in [-0.3, -0.25) is 14.4 Å². The maximum atomic E-state index is 12.5. The first kappa shape index (κ1) is 24.6. The molecule has 1 heterocycles. The molecule has 10 nitrogen and oxygen atoms in total. The van der Waals surface area contributed by atoms with Gasteiger partial charge in [-0.05, 0) is 5.56 Å². The summed E-state index contributed by atoms with van der Waals surface area (Å²) < 4.78 is 26.5. The summed E-state index contributed by atoms with van der Waals surface area (Å²) in [6, 6.07) is 7.96. The first-order valence-corrected chi connectivity index (χ1v) is 10.3. The number of ether oxygens (including phenoxy) is 5. The Hall–Kier alpha value is -2.66. The molecule has 1 saturated heterocycles. The van der Waals surface area contributed by atoms with Gasteiger partial charge in [-0.2, -0.15) is 0 Å². The highest BCUT2D eigenvalue weighted by Gasteiger charge is 2.50. The topological polar surface area (TPSA) is 126 Å². The van der Waals surface area contributed by atoms with Crippen LogP contribution in [0.4, 0.5) is 4.79 Å². The second kappa shape index (κ2) is 11.7. The number of esters is 3. The predicted octanol–water partition coefficient (Wildman–Crippen LogP) is 1.83. The summed E-state index contributed by atoms with van der Waals surface area (Å²) >= 11 is 3.26. The van der Waals surface area contributed by atoms with E-state index in [4.69, 9.17) is 23.7 Å². The summed E-state index contributed by atoms with van der Waals surface area (Å²) in [6.07, 6.45) is -3.95. The van der Waals surface area contributed by atoms with Crippen LogP contribution in [-0.4, -0.2) is 60.0 Å². The molecule has 31 heavy (non-hydrogen) atoms. The molecule has 5 atom stereocenters. The zero-order chi connectivity index (χ0) is 23.0. The molecule has 1 aromatic rings. The van der Waals surface area contributed by atoms with Crippen LogP contribution in [-0.2, 0) is 44.7 Å². The van der Waals surface area contributed by atoms with Gasteiger partial charge in [-0.25, -0.2) is 4.79 Å². The van der Waals surface area contributed by atoms with Crippen molar-refractivity contribution in [1.82, 2.24) is 5.32 Å². The first-order chi connectivity index (χ1) is 14.7. The van der Waals surface area contributed by atoms with E-state index in [-0.39, 0.29) is 13.2 Å². The summed E-state index contributed by atoms with van der Waals surface area (Å²) in [5.41, 5.74) is 0.767. The highest BCUT2D eigenvalue weighted by Crippen LogP contribution is 2.30. The zero-order valence-electron chi connectivity index (χ0n) is 17.2. The Kier molecular flexibility index (Phi) is 9.25. The van der Waals surface area contributed by atoms with Crippen LogP contribution in [0.15, 0.2) is 30.3 Å². The molecule has 1 N–H and O–H groups in total. The molecule has 0 saturated carbocycles. The molecule has 1 fully saturated rings. The number of carbonyl (C=O) groups excluding carboxylic acids is 4. The number of benzene rings is 1. The molecule has 0 radical (unpaired) electrons. The van der Waals surface area contributed by atoms with Crippen molar-refractivity contribution in [3.8, 4) is 0 Å². The van der Waals surface area contributed by atoms with Crippen LogP contribution in [0.2, 0.25) is 0 Å². The van der Waals surface area contributed by atoms with Crippen molar-refractivity contribution in [1.29, 1.82) is 0 Å². The van der Waals surface area contributed by atoms with Gasteiger partial charge in [-0.1, -0.05) is 46.3 Å². The fraction of sp³-hybridized carbons (Fsp3) is 0.500. The number of amides is 1. The van der Waals surface area contributed by atoms with E-state index in [1.807, 2.05) is 6.07 Å². The molecule has 11 heteroatoms. The predicted molar refractivity (Wildman–Crippen MR) is 109 cm³/mol.